The number of hydrogen-bond acceptors (Lipinski definition) is 4. The molecule has 6 heteroatoms. The zero-order chi connectivity index (χ0) is 21.1. The van der Waals surface area contributed by atoms with Crippen LogP contribution in [0.5, 0.6) is 11.5 Å². The van der Waals surface area contributed by atoms with Crippen LogP contribution in [0.15, 0.2) is 48.0 Å². The van der Waals surface area contributed by atoms with Gasteiger partial charge in [0.2, 0.25) is 5.91 Å². The van der Waals surface area contributed by atoms with Crippen molar-refractivity contribution in [3.63, 3.8) is 0 Å². The topological polar surface area (TPSA) is 76.7 Å². The fourth-order valence-corrected chi connectivity index (χ4v) is 3.40. The Morgan fingerprint density at radius 1 is 1.17 bits per heavy atom. The highest BCUT2D eigenvalue weighted by molar-refractivity contribution is 5.99. The maximum atomic E-state index is 12.7. The van der Waals surface area contributed by atoms with Crippen molar-refractivity contribution in [2.24, 2.45) is 5.92 Å². The summed E-state index contributed by atoms with van der Waals surface area (Å²) in [5, 5.41) is 5.94. The molecular weight excluding hydrogens is 380 g/mol. The predicted octanol–water partition coefficient (Wildman–Crippen LogP) is 4.09. The third-order valence-corrected chi connectivity index (χ3v) is 5.28. The van der Waals surface area contributed by atoms with Gasteiger partial charge >= 0.3 is 0 Å². The lowest BCUT2D eigenvalue weighted by atomic mass is 10.0. The van der Waals surface area contributed by atoms with E-state index in [4.69, 9.17) is 9.47 Å². The van der Waals surface area contributed by atoms with Crippen LogP contribution in [-0.2, 0) is 9.59 Å². The van der Waals surface area contributed by atoms with E-state index in [-0.39, 0.29) is 30.4 Å². The predicted molar refractivity (Wildman–Crippen MR) is 115 cm³/mol. The molecule has 4 rings (SSSR count). The Morgan fingerprint density at radius 2 is 1.93 bits per heavy atom. The standard InChI is InChI=1S/C24H26N2O4/c1-3-29-21-6-4-5-18-13-19(14-30-22(18)21)24(28)25-15(2)16-9-11-20(12-10-16)26-23(27)17-7-8-17/h4-6,9-13,15,17H,3,7-8,14H2,1-2H3,(H,25,28)(H,26,27). The fraction of sp³-hybridized carbons (Fsp3) is 0.333. The Hall–Kier alpha value is -3.28. The molecule has 1 aliphatic carbocycles. The number of rotatable bonds is 7. The minimum absolute atomic E-state index is 0.0844. The van der Waals surface area contributed by atoms with Crippen LogP contribution in [0.25, 0.3) is 6.08 Å². The van der Waals surface area contributed by atoms with Gasteiger partial charge in [0, 0.05) is 17.2 Å². The zero-order valence-electron chi connectivity index (χ0n) is 17.2. The lowest BCUT2D eigenvalue weighted by molar-refractivity contribution is -0.118. The maximum Gasteiger partial charge on any atom is 0.251 e. The van der Waals surface area contributed by atoms with Gasteiger partial charge in [-0.1, -0.05) is 24.3 Å². The Labute approximate surface area is 176 Å². The fourth-order valence-electron chi connectivity index (χ4n) is 3.40. The summed E-state index contributed by atoms with van der Waals surface area (Å²) in [7, 11) is 0. The van der Waals surface area contributed by atoms with Crippen molar-refractivity contribution in [3.05, 3.63) is 59.2 Å². The van der Waals surface area contributed by atoms with E-state index in [0.29, 0.717) is 23.7 Å². The van der Waals surface area contributed by atoms with Gasteiger partial charge in [0.05, 0.1) is 18.2 Å². The van der Waals surface area contributed by atoms with Gasteiger partial charge in [0.1, 0.15) is 6.61 Å². The lowest BCUT2D eigenvalue weighted by Crippen LogP contribution is -2.31. The van der Waals surface area contributed by atoms with Gasteiger partial charge in [-0.25, -0.2) is 0 Å². The average molecular weight is 406 g/mol. The Kier molecular flexibility index (Phi) is 5.74. The van der Waals surface area contributed by atoms with Crippen LogP contribution in [0.4, 0.5) is 5.69 Å². The molecule has 2 amide bonds. The van der Waals surface area contributed by atoms with Crippen LogP contribution in [0.2, 0.25) is 0 Å². The molecule has 30 heavy (non-hydrogen) atoms. The molecule has 0 bridgehead atoms. The van der Waals surface area contributed by atoms with Crippen LogP contribution in [-0.4, -0.2) is 25.0 Å². The largest absolute Gasteiger partial charge is 0.490 e. The summed E-state index contributed by atoms with van der Waals surface area (Å²) in [6.07, 6.45) is 3.80. The molecule has 156 valence electrons. The number of hydrogen-bond donors (Lipinski definition) is 2. The van der Waals surface area contributed by atoms with Crippen molar-refractivity contribution in [1.82, 2.24) is 5.32 Å². The van der Waals surface area contributed by atoms with E-state index >= 15 is 0 Å². The molecule has 1 saturated carbocycles. The number of anilines is 1. The summed E-state index contributed by atoms with van der Waals surface area (Å²) in [6.45, 7) is 4.60. The van der Waals surface area contributed by atoms with Gasteiger partial charge in [0.15, 0.2) is 11.5 Å². The Balaban J connectivity index is 1.39. The summed E-state index contributed by atoms with van der Waals surface area (Å²) >= 11 is 0. The van der Waals surface area contributed by atoms with Crippen LogP contribution in [0, 0.1) is 5.92 Å². The summed E-state index contributed by atoms with van der Waals surface area (Å²) in [5.41, 5.74) is 3.14. The van der Waals surface area contributed by atoms with E-state index in [2.05, 4.69) is 10.6 Å². The van der Waals surface area contributed by atoms with Crippen molar-refractivity contribution in [2.75, 3.05) is 18.5 Å². The van der Waals surface area contributed by atoms with Crippen molar-refractivity contribution >= 4 is 23.6 Å². The molecule has 0 saturated heterocycles. The highest BCUT2D eigenvalue weighted by atomic mass is 16.5. The van der Waals surface area contributed by atoms with E-state index in [1.54, 1.807) is 0 Å². The highest BCUT2D eigenvalue weighted by Crippen LogP contribution is 2.36. The smallest absolute Gasteiger partial charge is 0.251 e. The summed E-state index contributed by atoms with van der Waals surface area (Å²) in [4.78, 5) is 24.6. The third kappa shape index (κ3) is 4.48. The molecule has 2 aliphatic rings. The lowest BCUT2D eigenvalue weighted by Gasteiger charge is -2.21. The highest BCUT2D eigenvalue weighted by Gasteiger charge is 2.29. The molecule has 0 radical (unpaired) electrons. The van der Waals surface area contributed by atoms with Gasteiger partial charge in [0.25, 0.3) is 5.91 Å². The minimum atomic E-state index is -0.178. The molecular formula is C24H26N2O4. The normalized spacial score (nSPS) is 15.9. The quantitative estimate of drug-likeness (QED) is 0.726. The van der Waals surface area contributed by atoms with Crippen LogP contribution < -0.4 is 20.1 Å². The van der Waals surface area contributed by atoms with Crippen molar-refractivity contribution < 1.29 is 19.1 Å². The van der Waals surface area contributed by atoms with Crippen molar-refractivity contribution in [3.8, 4) is 11.5 Å². The minimum Gasteiger partial charge on any atom is -0.490 e. The third-order valence-electron chi connectivity index (χ3n) is 5.28. The van der Waals surface area contributed by atoms with Gasteiger partial charge in [-0.3, -0.25) is 9.59 Å². The molecule has 0 aromatic heterocycles. The van der Waals surface area contributed by atoms with Gasteiger partial charge < -0.3 is 20.1 Å². The second kappa shape index (κ2) is 8.61. The molecule has 2 aromatic carbocycles. The summed E-state index contributed by atoms with van der Waals surface area (Å²) in [5.74, 6) is 1.45. The zero-order valence-corrected chi connectivity index (χ0v) is 17.2. The van der Waals surface area contributed by atoms with Crippen molar-refractivity contribution in [1.29, 1.82) is 0 Å². The number of amides is 2. The number of benzene rings is 2. The number of ether oxygens (including phenoxy) is 2. The SMILES string of the molecule is CCOc1cccc2c1OCC(C(=O)NC(C)c1ccc(NC(=O)C3CC3)cc1)=C2. The number of fused-ring (bicyclic) bond motifs is 1. The van der Waals surface area contributed by atoms with Gasteiger partial charge in [-0.15, -0.1) is 0 Å². The first kappa shape index (κ1) is 20.0. The van der Waals surface area contributed by atoms with Crippen LogP contribution >= 0.6 is 0 Å². The first-order valence-electron chi connectivity index (χ1n) is 10.4. The van der Waals surface area contributed by atoms with Crippen LogP contribution in [0.3, 0.4) is 0 Å². The molecule has 1 atom stereocenters. The van der Waals surface area contributed by atoms with E-state index in [9.17, 15) is 9.59 Å². The number of para-hydroxylation sites is 1. The summed E-state index contributed by atoms with van der Waals surface area (Å²) in [6, 6.07) is 13.0. The molecule has 1 unspecified atom stereocenters. The Bertz CT molecular complexity index is 977. The second-order valence-corrected chi connectivity index (χ2v) is 7.65. The average Bonchev–Trinajstić information content (AvgIpc) is 3.60. The number of carbonyl (C=O) groups excluding carboxylic acids is 2. The summed E-state index contributed by atoms with van der Waals surface area (Å²) < 4.78 is 11.4. The van der Waals surface area contributed by atoms with Gasteiger partial charge in [-0.05, 0) is 56.5 Å². The van der Waals surface area contributed by atoms with Crippen molar-refractivity contribution in [2.45, 2.75) is 32.7 Å². The second-order valence-electron chi connectivity index (χ2n) is 7.65. The molecule has 1 aliphatic heterocycles. The maximum absolute atomic E-state index is 12.7. The van der Waals surface area contributed by atoms with Gasteiger partial charge in [-0.2, -0.15) is 0 Å². The number of carbonyl (C=O) groups is 2. The molecule has 1 heterocycles. The van der Waals surface area contributed by atoms with Crippen LogP contribution in [0.1, 0.15) is 43.9 Å². The van der Waals surface area contributed by atoms with E-state index in [1.165, 1.54) is 0 Å². The van der Waals surface area contributed by atoms with E-state index in [1.807, 2.05) is 62.4 Å². The first-order valence-corrected chi connectivity index (χ1v) is 10.4. The Morgan fingerprint density at radius 3 is 2.63 bits per heavy atom. The van der Waals surface area contributed by atoms with E-state index < -0.39 is 0 Å². The number of nitrogens with one attached hydrogen (secondary N) is 2. The first-order chi connectivity index (χ1) is 14.5. The molecule has 6 nitrogen and oxygen atoms in total. The molecule has 2 N–H and O–H groups in total. The van der Waals surface area contributed by atoms with E-state index in [0.717, 1.165) is 29.7 Å². The molecule has 1 fully saturated rings. The molecule has 2 aromatic rings. The monoisotopic (exact) mass is 406 g/mol. The molecule has 0 spiro atoms.